The third kappa shape index (κ3) is 2.83. The minimum absolute atomic E-state index is 0.290. The van der Waals surface area contributed by atoms with Crippen molar-refractivity contribution in [2.45, 2.75) is 45.1 Å². The Morgan fingerprint density at radius 1 is 1.44 bits per heavy atom. The van der Waals surface area contributed by atoms with Crippen LogP contribution < -0.4 is 0 Å². The lowest BCUT2D eigenvalue weighted by atomic mass is 10.2. The number of nitrogens with one attached hydrogen (secondary N) is 1. The summed E-state index contributed by atoms with van der Waals surface area (Å²) in [4.78, 5) is 18.7. The molecule has 1 N–H and O–H groups in total. The summed E-state index contributed by atoms with van der Waals surface area (Å²) >= 11 is 6.66. The van der Waals surface area contributed by atoms with Gasteiger partial charge in [0.15, 0.2) is 3.95 Å². The first kappa shape index (κ1) is 12.4. The maximum absolute atomic E-state index is 12.4. The number of thiazole rings is 1. The highest BCUT2D eigenvalue weighted by Crippen LogP contribution is 2.35. The number of amides is 1. The highest BCUT2D eigenvalue weighted by molar-refractivity contribution is 7.73. The topological polar surface area (TPSA) is 36.1 Å². The van der Waals surface area contributed by atoms with Gasteiger partial charge in [0.1, 0.15) is 0 Å². The Morgan fingerprint density at radius 2 is 2.17 bits per heavy atom. The smallest absolute Gasteiger partial charge is 0.228 e. The van der Waals surface area contributed by atoms with E-state index >= 15 is 0 Å². The van der Waals surface area contributed by atoms with E-state index in [9.17, 15) is 4.79 Å². The van der Waals surface area contributed by atoms with Gasteiger partial charge in [0.25, 0.3) is 0 Å². The van der Waals surface area contributed by atoms with Gasteiger partial charge in [-0.1, -0.05) is 0 Å². The van der Waals surface area contributed by atoms with Gasteiger partial charge in [-0.15, -0.1) is 11.3 Å². The van der Waals surface area contributed by atoms with Crippen LogP contribution in [-0.4, -0.2) is 28.4 Å². The van der Waals surface area contributed by atoms with E-state index in [0.717, 1.165) is 27.0 Å². The maximum atomic E-state index is 12.4. The Morgan fingerprint density at radius 3 is 2.67 bits per heavy atom. The largest absolute Gasteiger partial charge is 0.341 e. The minimum Gasteiger partial charge on any atom is -0.341 e. The first-order valence-electron chi connectivity index (χ1n) is 6.61. The molecule has 0 spiro atoms. The van der Waals surface area contributed by atoms with Crippen molar-refractivity contribution in [2.24, 2.45) is 5.92 Å². The van der Waals surface area contributed by atoms with E-state index in [4.69, 9.17) is 12.2 Å². The van der Waals surface area contributed by atoms with Gasteiger partial charge >= 0.3 is 0 Å². The predicted octanol–water partition coefficient (Wildman–Crippen LogP) is 3.06. The molecular formula is C13H18N2OS2. The molecule has 18 heavy (non-hydrogen) atoms. The van der Waals surface area contributed by atoms with Crippen LogP contribution in [0.2, 0.25) is 0 Å². The van der Waals surface area contributed by atoms with Crippen LogP contribution in [0.4, 0.5) is 0 Å². The number of H-pyrrole nitrogens is 1. The van der Waals surface area contributed by atoms with E-state index in [1.54, 1.807) is 0 Å². The number of carbonyl (C=O) groups excluding carboxylic acids is 1. The fraction of sp³-hybridized carbons (Fsp3) is 0.692. The summed E-state index contributed by atoms with van der Waals surface area (Å²) in [5, 5.41) is 0. The third-order valence-electron chi connectivity index (χ3n) is 3.70. The molecule has 2 saturated carbocycles. The molecule has 1 amide bonds. The summed E-state index contributed by atoms with van der Waals surface area (Å²) in [5.41, 5.74) is 1.06. The molecule has 1 heterocycles. The zero-order chi connectivity index (χ0) is 12.7. The van der Waals surface area contributed by atoms with Crippen LogP contribution in [0.15, 0.2) is 0 Å². The molecule has 0 aliphatic heterocycles. The lowest BCUT2D eigenvalue weighted by Crippen LogP contribution is -2.36. The predicted molar refractivity (Wildman–Crippen MR) is 75.4 cm³/mol. The molecule has 0 atom stereocenters. The molecule has 0 bridgehead atoms. The number of aromatic nitrogens is 1. The van der Waals surface area contributed by atoms with E-state index < -0.39 is 0 Å². The van der Waals surface area contributed by atoms with Gasteiger partial charge in [0.05, 0.1) is 6.42 Å². The summed E-state index contributed by atoms with van der Waals surface area (Å²) in [6.45, 7) is 2.98. The van der Waals surface area contributed by atoms with Crippen molar-refractivity contribution in [2.75, 3.05) is 6.54 Å². The van der Waals surface area contributed by atoms with Gasteiger partial charge < -0.3 is 9.88 Å². The molecule has 98 valence electrons. The number of hydrogen-bond acceptors (Lipinski definition) is 3. The van der Waals surface area contributed by atoms with Crippen LogP contribution in [0, 0.1) is 16.8 Å². The molecule has 2 fully saturated rings. The molecule has 5 heteroatoms. The monoisotopic (exact) mass is 282 g/mol. The minimum atomic E-state index is 0.290. The molecule has 3 nitrogen and oxygen atoms in total. The highest BCUT2D eigenvalue weighted by atomic mass is 32.1. The van der Waals surface area contributed by atoms with Crippen molar-refractivity contribution in [1.29, 1.82) is 0 Å². The number of aromatic amines is 1. The molecule has 1 aromatic heterocycles. The van der Waals surface area contributed by atoms with Gasteiger partial charge in [-0.2, -0.15) is 0 Å². The normalized spacial score (nSPS) is 18.9. The number of aryl methyl sites for hydroxylation is 1. The fourth-order valence-corrected chi connectivity index (χ4v) is 3.55. The number of rotatable bonds is 5. The van der Waals surface area contributed by atoms with E-state index in [1.807, 2.05) is 6.92 Å². The lowest BCUT2D eigenvalue weighted by molar-refractivity contribution is -0.131. The average molecular weight is 282 g/mol. The van der Waals surface area contributed by atoms with Crippen LogP contribution in [0.25, 0.3) is 0 Å². The van der Waals surface area contributed by atoms with E-state index in [2.05, 4.69) is 9.88 Å². The highest BCUT2D eigenvalue weighted by Gasteiger charge is 2.36. The summed E-state index contributed by atoms with van der Waals surface area (Å²) in [6, 6.07) is 0.533. The molecule has 0 radical (unpaired) electrons. The summed E-state index contributed by atoms with van der Waals surface area (Å²) in [7, 11) is 0. The number of nitrogens with zero attached hydrogens (tertiary/aromatic N) is 1. The van der Waals surface area contributed by atoms with E-state index in [-0.39, 0.29) is 5.91 Å². The second-order valence-corrected chi connectivity index (χ2v) is 7.23. The van der Waals surface area contributed by atoms with Gasteiger partial charge in [0.2, 0.25) is 5.91 Å². The zero-order valence-corrected chi connectivity index (χ0v) is 12.2. The summed E-state index contributed by atoms with van der Waals surface area (Å²) in [6.07, 6.45) is 5.52. The van der Waals surface area contributed by atoms with Crippen LogP contribution in [0.3, 0.4) is 0 Å². The van der Waals surface area contributed by atoms with Crippen molar-refractivity contribution in [3.05, 3.63) is 14.5 Å². The lowest BCUT2D eigenvalue weighted by Gasteiger charge is -2.22. The van der Waals surface area contributed by atoms with Crippen molar-refractivity contribution in [3.8, 4) is 0 Å². The van der Waals surface area contributed by atoms with Crippen molar-refractivity contribution >= 4 is 29.5 Å². The van der Waals surface area contributed by atoms with Crippen LogP contribution in [-0.2, 0) is 11.2 Å². The first-order chi connectivity index (χ1) is 8.63. The van der Waals surface area contributed by atoms with Gasteiger partial charge in [-0.25, -0.2) is 0 Å². The Kier molecular flexibility index (Phi) is 3.28. The Labute approximate surface area is 116 Å². The molecule has 2 aliphatic rings. The molecule has 2 aliphatic carbocycles. The van der Waals surface area contributed by atoms with E-state index in [0.29, 0.717) is 12.5 Å². The Hall–Kier alpha value is -0.680. The Balaban J connectivity index is 1.68. The quantitative estimate of drug-likeness (QED) is 0.843. The second kappa shape index (κ2) is 4.78. The fourth-order valence-electron chi connectivity index (χ4n) is 2.26. The second-order valence-electron chi connectivity index (χ2n) is 5.46. The molecule has 0 saturated heterocycles. The van der Waals surface area contributed by atoms with Crippen molar-refractivity contribution < 1.29 is 4.79 Å². The number of carbonyl (C=O) groups is 1. The van der Waals surface area contributed by atoms with E-state index in [1.165, 1.54) is 37.0 Å². The van der Waals surface area contributed by atoms with Crippen molar-refractivity contribution in [3.63, 3.8) is 0 Å². The molecule has 0 aromatic carbocycles. The summed E-state index contributed by atoms with van der Waals surface area (Å²) in [5.74, 6) is 1.07. The molecular weight excluding hydrogens is 264 g/mol. The Bertz CT molecular complexity index is 511. The van der Waals surface area contributed by atoms with Crippen LogP contribution in [0.1, 0.15) is 36.3 Å². The molecule has 1 aromatic rings. The zero-order valence-electron chi connectivity index (χ0n) is 10.6. The van der Waals surface area contributed by atoms with Crippen molar-refractivity contribution in [1.82, 2.24) is 9.88 Å². The maximum Gasteiger partial charge on any atom is 0.228 e. The average Bonchev–Trinajstić information content (AvgIpc) is 3.18. The number of hydrogen-bond donors (Lipinski definition) is 1. The molecule has 3 rings (SSSR count). The summed E-state index contributed by atoms with van der Waals surface area (Å²) < 4.78 is 0.774. The van der Waals surface area contributed by atoms with Crippen LogP contribution in [0.5, 0.6) is 0 Å². The SMILES string of the molecule is Cc1[nH]c(=S)sc1CC(=O)N(CC1CC1)C1CC1. The van der Waals surface area contributed by atoms with Gasteiger partial charge in [0, 0.05) is 23.2 Å². The van der Waals surface area contributed by atoms with Gasteiger partial charge in [-0.05, 0) is 50.7 Å². The van der Waals surface area contributed by atoms with Gasteiger partial charge in [-0.3, -0.25) is 4.79 Å². The molecule has 0 unspecified atom stereocenters. The standard InChI is InChI=1S/C13H18N2OS2/c1-8-11(18-13(17)14-8)6-12(16)15(10-4-5-10)7-9-2-3-9/h9-10H,2-7H2,1H3,(H,14,17). The third-order valence-corrected chi connectivity index (χ3v) is 5.03. The van der Waals surface area contributed by atoms with Crippen LogP contribution >= 0.6 is 23.6 Å². The first-order valence-corrected chi connectivity index (χ1v) is 7.84.